The normalized spacial score (nSPS) is 16.5. The predicted octanol–water partition coefficient (Wildman–Crippen LogP) is 2.02. The molecule has 1 amide bonds. The Hall–Kier alpha value is -1.10. The Morgan fingerprint density at radius 2 is 1.90 bits per heavy atom. The van der Waals surface area contributed by atoms with Gasteiger partial charge in [-0.15, -0.1) is 0 Å². The molecule has 1 fully saturated rings. The molecule has 1 atom stereocenters. The number of hydrogen-bond donors (Lipinski definition) is 3. The monoisotopic (exact) mass is 298 g/mol. The van der Waals surface area contributed by atoms with E-state index >= 15 is 0 Å². The summed E-state index contributed by atoms with van der Waals surface area (Å²) >= 11 is 0. The number of carboxylic acids is 1. The first-order valence-corrected chi connectivity index (χ1v) is 7.98. The molecule has 0 spiro atoms. The molecule has 1 aliphatic rings. The second-order valence-electron chi connectivity index (χ2n) is 7.21. The molecule has 0 aromatic heterocycles. The Kier molecular flexibility index (Phi) is 7.15. The highest BCUT2D eigenvalue weighted by molar-refractivity contribution is 5.77. The minimum Gasteiger partial charge on any atom is -0.481 e. The van der Waals surface area contributed by atoms with Crippen molar-refractivity contribution in [2.24, 2.45) is 17.3 Å². The van der Waals surface area contributed by atoms with E-state index in [9.17, 15) is 9.59 Å². The molecule has 0 radical (unpaired) electrons. The van der Waals surface area contributed by atoms with Crippen molar-refractivity contribution in [3.05, 3.63) is 0 Å². The SMILES string of the molecule is CC(C)(C)C(CCNC(=O)CNCC1CC1)CCC(=O)O. The quantitative estimate of drug-likeness (QED) is 0.576. The molecule has 0 aromatic carbocycles. The minimum atomic E-state index is -0.752. The van der Waals surface area contributed by atoms with Gasteiger partial charge in [0.05, 0.1) is 6.54 Å². The number of amides is 1. The van der Waals surface area contributed by atoms with Crippen molar-refractivity contribution >= 4 is 11.9 Å². The van der Waals surface area contributed by atoms with Gasteiger partial charge < -0.3 is 15.7 Å². The number of rotatable bonds is 10. The Labute approximate surface area is 127 Å². The van der Waals surface area contributed by atoms with E-state index in [1.165, 1.54) is 12.8 Å². The first kappa shape index (κ1) is 18.0. The number of aliphatic carboxylic acids is 1. The summed E-state index contributed by atoms with van der Waals surface area (Å²) in [5.74, 6) is 0.353. The van der Waals surface area contributed by atoms with Crippen LogP contribution in [0, 0.1) is 17.3 Å². The summed E-state index contributed by atoms with van der Waals surface area (Å²) in [6.45, 7) is 8.31. The summed E-state index contributed by atoms with van der Waals surface area (Å²) in [4.78, 5) is 22.4. The third-order valence-corrected chi connectivity index (χ3v) is 4.16. The van der Waals surface area contributed by atoms with E-state index in [1.54, 1.807) is 0 Å². The molecular formula is C16H30N2O3. The van der Waals surface area contributed by atoms with Crippen LogP contribution in [0.5, 0.6) is 0 Å². The summed E-state index contributed by atoms with van der Waals surface area (Å²) < 4.78 is 0. The Balaban J connectivity index is 2.18. The van der Waals surface area contributed by atoms with Gasteiger partial charge in [-0.05, 0) is 49.5 Å². The second kappa shape index (κ2) is 8.37. The van der Waals surface area contributed by atoms with Gasteiger partial charge in [-0.1, -0.05) is 20.8 Å². The van der Waals surface area contributed by atoms with Gasteiger partial charge in [0, 0.05) is 13.0 Å². The zero-order chi connectivity index (χ0) is 15.9. The molecule has 21 heavy (non-hydrogen) atoms. The highest BCUT2D eigenvalue weighted by Crippen LogP contribution is 2.32. The van der Waals surface area contributed by atoms with Crippen LogP contribution in [0.4, 0.5) is 0 Å². The predicted molar refractivity (Wildman–Crippen MR) is 83.0 cm³/mol. The molecule has 1 saturated carbocycles. The third-order valence-electron chi connectivity index (χ3n) is 4.16. The van der Waals surface area contributed by atoms with Crippen LogP contribution < -0.4 is 10.6 Å². The van der Waals surface area contributed by atoms with E-state index in [0.717, 1.165) is 18.9 Å². The first-order chi connectivity index (χ1) is 9.79. The van der Waals surface area contributed by atoms with Crippen molar-refractivity contribution in [1.82, 2.24) is 10.6 Å². The summed E-state index contributed by atoms with van der Waals surface area (Å²) in [7, 11) is 0. The van der Waals surface area contributed by atoms with E-state index in [1.807, 2.05) is 0 Å². The fourth-order valence-electron chi connectivity index (χ4n) is 2.47. The molecule has 1 unspecified atom stereocenters. The van der Waals surface area contributed by atoms with Crippen molar-refractivity contribution in [2.45, 2.75) is 52.9 Å². The van der Waals surface area contributed by atoms with Crippen LogP contribution in [0.25, 0.3) is 0 Å². The van der Waals surface area contributed by atoms with Gasteiger partial charge >= 0.3 is 5.97 Å². The fourth-order valence-corrected chi connectivity index (χ4v) is 2.47. The van der Waals surface area contributed by atoms with Crippen LogP contribution in [-0.4, -0.2) is 36.6 Å². The van der Waals surface area contributed by atoms with E-state index in [-0.39, 0.29) is 17.7 Å². The van der Waals surface area contributed by atoms with E-state index in [0.29, 0.717) is 25.4 Å². The van der Waals surface area contributed by atoms with Crippen molar-refractivity contribution in [2.75, 3.05) is 19.6 Å². The standard InChI is InChI=1S/C16H30N2O3/c1-16(2,3)13(6-7-15(20)21)8-9-18-14(19)11-17-10-12-4-5-12/h12-13,17H,4-11H2,1-3H3,(H,18,19)(H,20,21). The average molecular weight is 298 g/mol. The number of carbonyl (C=O) groups excluding carboxylic acids is 1. The van der Waals surface area contributed by atoms with Crippen LogP contribution in [0.2, 0.25) is 0 Å². The number of nitrogens with one attached hydrogen (secondary N) is 2. The Morgan fingerprint density at radius 1 is 1.24 bits per heavy atom. The van der Waals surface area contributed by atoms with Crippen LogP contribution in [-0.2, 0) is 9.59 Å². The lowest BCUT2D eigenvalue weighted by molar-refractivity contribution is -0.137. The molecule has 0 bridgehead atoms. The van der Waals surface area contributed by atoms with Crippen molar-refractivity contribution < 1.29 is 14.7 Å². The van der Waals surface area contributed by atoms with Crippen molar-refractivity contribution in [3.8, 4) is 0 Å². The largest absolute Gasteiger partial charge is 0.481 e. The van der Waals surface area contributed by atoms with Crippen LogP contribution in [0.15, 0.2) is 0 Å². The molecule has 0 heterocycles. The van der Waals surface area contributed by atoms with Crippen molar-refractivity contribution in [3.63, 3.8) is 0 Å². The summed E-state index contributed by atoms with van der Waals surface area (Å²) in [6, 6.07) is 0. The number of carbonyl (C=O) groups is 2. The lowest BCUT2D eigenvalue weighted by Crippen LogP contribution is -2.36. The molecule has 122 valence electrons. The number of hydrogen-bond acceptors (Lipinski definition) is 3. The Morgan fingerprint density at radius 3 is 2.43 bits per heavy atom. The maximum Gasteiger partial charge on any atom is 0.303 e. The third kappa shape index (κ3) is 8.71. The molecule has 0 aromatic rings. The second-order valence-corrected chi connectivity index (χ2v) is 7.21. The lowest BCUT2D eigenvalue weighted by Gasteiger charge is -2.30. The number of carboxylic acid groups (broad SMARTS) is 1. The summed E-state index contributed by atoms with van der Waals surface area (Å²) in [6.07, 6.45) is 4.25. The van der Waals surface area contributed by atoms with Gasteiger partial charge in [-0.2, -0.15) is 0 Å². The highest BCUT2D eigenvalue weighted by Gasteiger charge is 2.25. The van der Waals surface area contributed by atoms with E-state index in [2.05, 4.69) is 31.4 Å². The minimum absolute atomic E-state index is 0.0292. The smallest absolute Gasteiger partial charge is 0.303 e. The van der Waals surface area contributed by atoms with Gasteiger partial charge in [-0.3, -0.25) is 9.59 Å². The summed E-state index contributed by atoms with van der Waals surface area (Å²) in [5.41, 5.74) is 0.0599. The maximum absolute atomic E-state index is 11.7. The molecule has 5 nitrogen and oxygen atoms in total. The van der Waals surface area contributed by atoms with Gasteiger partial charge in [0.2, 0.25) is 5.91 Å². The van der Waals surface area contributed by atoms with Gasteiger partial charge in [0.1, 0.15) is 0 Å². The van der Waals surface area contributed by atoms with Crippen molar-refractivity contribution in [1.29, 1.82) is 0 Å². The molecule has 0 saturated heterocycles. The lowest BCUT2D eigenvalue weighted by atomic mass is 9.76. The molecule has 5 heteroatoms. The molecule has 3 N–H and O–H groups in total. The van der Waals surface area contributed by atoms with E-state index < -0.39 is 5.97 Å². The highest BCUT2D eigenvalue weighted by atomic mass is 16.4. The van der Waals surface area contributed by atoms with E-state index in [4.69, 9.17) is 5.11 Å². The topological polar surface area (TPSA) is 78.4 Å². The molecule has 1 aliphatic carbocycles. The van der Waals surface area contributed by atoms with Crippen LogP contribution in [0.1, 0.15) is 52.9 Å². The summed E-state index contributed by atoms with van der Waals surface area (Å²) in [5, 5.41) is 14.9. The van der Waals surface area contributed by atoms with Gasteiger partial charge in [0.15, 0.2) is 0 Å². The zero-order valence-electron chi connectivity index (χ0n) is 13.6. The fraction of sp³-hybridized carbons (Fsp3) is 0.875. The molecule has 0 aliphatic heterocycles. The zero-order valence-corrected chi connectivity index (χ0v) is 13.6. The maximum atomic E-state index is 11.7. The Bertz CT molecular complexity index is 346. The van der Waals surface area contributed by atoms with Crippen LogP contribution >= 0.6 is 0 Å². The first-order valence-electron chi connectivity index (χ1n) is 7.98. The molecule has 1 rings (SSSR count). The molecular weight excluding hydrogens is 268 g/mol. The van der Waals surface area contributed by atoms with Gasteiger partial charge in [0.25, 0.3) is 0 Å². The van der Waals surface area contributed by atoms with Crippen LogP contribution in [0.3, 0.4) is 0 Å². The van der Waals surface area contributed by atoms with Gasteiger partial charge in [-0.25, -0.2) is 0 Å². The average Bonchev–Trinajstić information content (AvgIpc) is 3.15.